The van der Waals surface area contributed by atoms with Gasteiger partial charge in [-0.15, -0.1) is 0 Å². The Hall–Kier alpha value is -0.220. The van der Waals surface area contributed by atoms with Gasteiger partial charge in [0.25, 0.3) is 0 Å². The van der Waals surface area contributed by atoms with Gasteiger partial charge in [0.15, 0.2) is 0 Å². The highest BCUT2D eigenvalue weighted by atomic mass is 19.3. The minimum absolute atomic E-state index is 0.0637. The molecule has 1 aliphatic rings. The van der Waals surface area contributed by atoms with E-state index < -0.39 is 17.4 Å². The summed E-state index contributed by atoms with van der Waals surface area (Å²) < 4.78 is 25.3. The molecule has 0 saturated carbocycles. The maximum atomic E-state index is 12.7. The molecule has 0 aromatic rings. The number of nitrogens with zero attached hydrogens (tertiary/aromatic N) is 1. The van der Waals surface area contributed by atoms with Gasteiger partial charge in [0.2, 0.25) is 6.43 Å². The second-order valence-corrected chi connectivity index (χ2v) is 4.64. The molecule has 0 aromatic carbocycles. The summed E-state index contributed by atoms with van der Waals surface area (Å²) in [6, 6.07) is 0. The average molecular weight is 223 g/mol. The van der Waals surface area contributed by atoms with Crippen molar-refractivity contribution in [2.24, 2.45) is 5.41 Å². The lowest BCUT2D eigenvalue weighted by atomic mass is 9.84. The van der Waals surface area contributed by atoms with E-state index in [0.29, 0.717) is 13.0 Å². The van der Waals surface area contributed by atoms with Gasteiger partial charge in [0.1, 0.15) is 0 Å². The van der Waals surface area contributed by atoms with Crippen LogP contribution < -0.4 is 0 Å². The van der Waals surface area contributed by atoms with E-state index in [1.54, 1.807) is 14.0 Å². The maximum absolute atomic E-state index is 12.7. The fraction of sp³-hybridized carbons (Fsp3) is 1.00. The number of rotatable bonds is 2. The lowest BCUT2D eigenvalue weighted by Crippen LogP contribution is -2.41. The largest absolute Gasteiger partial charge is 0.394 e. The van der Waals surface area contributed by atoms with E-state index in [-0.39, 0.29) is 6.61 Å². The molecule has 0 spiro atoms. The Labute approximate surface area is 91.3 Å². The van der Waals surface area contributed by atoms with Crippen LogP contribution in [-0.2, 0) is 0 Å². The van der Waals surface area contributed by atoms with Crippen molar-refractivity contribution in [3.8, 4) is 0 Å². The molecule has 1 fully saturated rings. The van der Waals surface area contributed by atoms with E-state index in [1.807, 2.05) is 25.7 Å². The predicted octanol–water partition coefficient (Wildman–Crippen LogP) is 2.37. The summed E-state index contributed by atoms with van der Waals surface area (Å²) in [5, 5.41) is 9.12. The highest BCUT2D eigenvalue weighted by Gasteiger charge is 2.50. The summed E-state index contributed by atoms with van der Waals surface area (Å²) in [4.78, 5) is 1.82. The van der Waals surface area contributed by atoms with Crippen LogP contribution in [0.1, 0.15) is 34.1 Å². The van der Waals surface area contributed by atoms with Crippen molar-refractivity contribution in [3.05, 3.63) is 0 Å². The molecule has 4 heteroatoms. The van der Waals surface area contributed by atoms with Gasteiger partial charge in [-0.05, 0) is 20.4 Å². The minimum Gasteiger partial charge on any atom is -0.394 e. The molecule has 92 valence electrons. The summed E-state index contributed by atoms with van der Waals surface area (Å²) in [5.74, 6) is 0. The van der Waals surface area contributed by atoms with Crippen molar-refractivity contribution in [2.75, 3.05) is 20.2 Å². The molecule has 1 saturated heterocycles. The van der Waals surface area contributed by atoms with Crippen LogP contribution in [0.3, 0.4) is 0 Å². The Kier molecular flexibility index (Phi) is 5.14. The molecule has 2 nitrogen and oxygen atoms in total. The molecule has 2 atom stereocenters. The Morgan fingerprint density at radius 1 is 1.33 bits per heavy atom. The number of likely N-dealkylation sites (tertiary alicyclic amines) is 1. The van der Waals surface area contributed by atoms with Crippen molar-refractivity contribution in [3.63, 3.8) is 0 Å². The van der Waals surface area contributed by atoms with Crippen LogP contribution >= 0.6 is 0 Å². The lowest BCUT2D eigenvalue weighted by Gasteiger charge is -2.29. The quantitative estimate of drug-likeness (QED) is 0.777. The number of aliphatic hydroxyl groups excluding tert-OH is 1. The molecule has 1 heterocycles. The number of alkyl halides is 2. The molecule has 1 unspecified atom stereocenters. The molecule has 0 amide bonds. The zero-order valence-electron chi connectivity index (χ0n) is 10.3. The van der Waals surface area contributed by atoms with Crippen LogP contribution in [-0.4, -0.2) is 42.2 Å². The highest BCUT2D eigenvalue weighted by molar-refractivity contribution is 5.01. The van der Waals surface area contributed by atoms with Gasteiger partial charge in [-0.1, -0.05) is 20.8 Å². The van der Waals surface area contributed by atoms with E-state index >= 15 is 0 Å². The van der Waals surface area contributed by atoms with Gasteiger partial charge in [-0.3, -0.25) is 4.90 Å². The highest BCUT2D eigenvalue weighted by Crippen LogP contribution is 2.43. The van der Waals surface area contributed by atoms with Crippen molar-refractivity contribution < 1.29 is 13.9 Å². The van der Waals surface area contributed by atoms with Crippen molar-refractivity contribution in [1.82, 2.24) is 4.90 Å². The fourth-order valence-electron chi connectivity index (χ4n) is 2.12. The number of likely N-dealkylation sites (N-methyl/N-ethyl adjacent to an activating group) is 1. The number of hydrogen-bond donors (Lipinski definition) is 1. The Balaban J connectivity index is 0.000000921. The molecule has 1 rings (SSSR count). The molecule has 0 bridgehead atoms. The first-order chi connectivity index (χ1) is 6.84. The fourth-order valence-corrected chi connectivity index (χ4v) is 2.12. The molecule has 0 aliphatic carbocycles. The molecule has 1 N–H and O–H groups in total. The summed E-state index contributed by atoms with van der Waals surface area (Å²) in [6.45, 7) is 7.68. The van der Waals surface area contributed by atoms with Crippen LogP contribution in [0.5, 0.6) is 0 Å². The van der Waals surface area contributed by atoms with E-state index in [1.165, 1.54) is 0 Å². The van der Waals surface area contributed by atoms with Crippen LogP contribution in [0.2, 0.25) is 0 Å². The van der Waals surface area contributed by atoms with E-state index in [4.69, 9.17) is 5.11 Å². The van der Waals surface area contributed by atoms with Gasteiger partial charge >= 0.3 is 0 Å². The van der Waals surface area contributed by atoms with Crippen LogP contribution in [0.15, 0.2) is 0 Å². The first-order valence-corrected chi connectivity index (χ1v) is 5.44. The number of hydrogen-bond acceptors (Lipinski definition) is 2. The molecule has 1 aliphatic heterocycles. The lowest BCUT2D eigenvalue weighted by molar-refractivity contribution is 0.0131. The molecule has 0 aromatic heterocycles. The Bertz CT molecular complexity index is 201. The molecule has 15 heavy (non-hydrogen) atoms. The zero-order chi connectivity index (χ0) is 12.3. The monoisotopic (exact) mass is 223 g/mol. The zero-order valence-corrected chi connectivity index (χ0v) is 10.3. The number of aliphatic hydroxyl groups is 1. The van der Waals surface area contributed by atoms with E-state index in [9.17, 15) is 8.78 Å². The van der Waals surface area contributed by atoms with Gasteiger partial charge in [0, 0.05) is 17.5 Å². The predicted molar refractivity (Wildman–Crippen MR) is 58.2 cm³/mol. The van der Waals surface area contributed by atoms with Crippen LogP contribution in [0.4, 0.5) is 8.78 Å². The SMILES string of the molecule is CC.CN1CC(C)(C(F)F)C[C@@]1(C)CO. The third kappa shape index (κ3) is 2.88. The van der Waals surface area contributed by atoms with Crippen molar-refractivity contribution in [1.29, 1.82) is 0 Å². The van der Waals surface area contributed by atoms with Gasteiger partial charge in [-0.2, -0.15) is 0 Å². The third-order valence-corrected chi connectivity index (χ3v) is 3.17. The van der Waals surface area contributed by atoms with E-state index in [2.05, 4.69) is 0 Å². The Morgan fingerprint density at radius 2 is 1.80 bits per heavy atom. The van der Waals surface area contributed by atoms with E-state index in [0.717, 1.165) is 0 Å². The minimum atomic E-state index is -2.32. The van der Waals surface area contributed by atoms with Crippen LogP contribution in [0, 0.1) is 5.41 Å². The summed E-state index contributed by atoms with van der Waals surface area (Å²) in [5.41, 5.74) is -1.45. The van der Waals surface area contributed by atoms with Gasteiger partial charge in [0.05, 0.1) is 6.61 Å². The number of halogens is 2. The van der Waals surface area contributed by atoms with Gasteiger partial charge < -0.3 is 5.11 Å². The summed E-state index contributed by atoms with van der Waals surface area (Å²) in [6.07, 6.45) is -1.96. The second-order valence-electron chi connectivity index (χ2n) is 4.64. The maximum Gasteiger partial charge on any atom is 0.245 e. The topological polar surface area (TPSA) is 23.5 Å². The molecule has 0 radical (unpaired) electrons. The second kappa shape index (κ2) is 5.21. The standard InChI is InChI=1S/C9H17F2NO.C2H6/c1-8(7(10)11)4-9(2,6-13)12(3)5-8;1-2/h7,13H,4-6H2,1-3H3;1-2H3/t8?,9-;/m0./s1. The van der Waals surface area contributed by atoms with Gasteiger partial charge in [-0.25, -0.2) is 8.78 Å². The summed E-state index contributed by atoms with van der Waals surface area (Å²) in [7, 11) is 1.78. The normalized spacial score (nSPS) is 36.6. The average Bonchev–Trinajstić information content (AvgIpc) is 2.43. The molecular formula is C11H23F2NO. The first kappa shape index (κ1) is 14.8. The summed E-state index contributed by atoms with van der Waals surface area (Å²) >= 11 is 0. The smallest absolute Gasteiger partial charge is 0.245 e. The third-order valence-electron chi connectivity index (χ3n) is 3.17. The van der Waals surface area contributed by atoms with Crippen LogP contribution in [0.25, 0.3) is 0 Å². The molecular weight excluding hydrogens is 200 g/mol. The first-order valence-electron chi connectivity index (χ1n) is 5.44. The van der Waals surface area contributed by atoms with Crippen molar-refractivity contribution >= 4 is 0 Å². The van der Waals surface area contributed by atoms with Crippen molar-refractivity contribution in [2.45, 2.75) is 46.1 Å². The Morgan fingerprint density at radius 3 is 2.00 bits per heavy atom.